The van der Waals surface area contributed by atoms with Gasteiger partial charge < -0.3 is 9.73 Å². The van der Waals surface area contributed by atoms with Gasteiger partial charge in [-0.15, -0.1) is 0 Å². The van der Waals surface area contributed by atoms with Crippen LogP contribution < -0.4 is 10.0 Å². The zero-order chi connectivity index (χ0) is 11.8. The maximum absolute atomic E-state index is 11.6. The fraction of sp³-hybridized carbons (Fsp3) is 0.556. The predicted octanol–water partition coefficient (Wildman–Crippen LogP) is 1.20. The van der Waals surface area contributed by atoms with Crippen LogP contribution in [0.15, 0.2) is 20.0 Å². The van der Waals surface area contributed by atoms with Crippen LogP contribution in [0.4, 0.5) is 0 Å². The van der Waals surface area contributed by atoms with E-state index in [-0.39, 0.29) is 9.56 Å². The molecule has 1 aromatic rings. The van der Waals surface area contributed by atoms with Gasteiger partial charge in [0.05, 0.1) is 6.54 Å². The smallest absolute Gasteiger partial charge is 0.244 e. The van der Waals surface area contributed by atoms with Gasteiger partial charge in [0.25, 0.3) is 0 Å². The molecule has 1 saturated carbocycles. The zero-order valence-corrected chi connectivity index (χ0v) is 11.2. The lowest BCUT2D eigenvalue weighted by atomic mass is 10.4. The van der Waals surface area contributed by atoms with Gasteiger partial charge in [-0.05, 0) is 35.8 Å². The zero-order valence-electron chi connectivity index (χ0n) is 8.79. The van der Waals surface area contributed by atoms with Crippen LogP contribution in [-0.4, -0.2) is 21.5 Å². The van der Waals surface area contributed by atoms with Crippen LogP contribution in [0.5, 0.6) is 0 Å². The average Bonchev–Trinajstić information content (AvgIpc) is 2.99. The Bertz CT molecular complexity index is 479. The molecule has 1 aliphatic rings. The Labute approximate surface area is 103 Å². The van der Waals surface area contributed by atoms with Crippen molar-refractivity contribution in [3.05, 3.63) is 16.5 Å². The average molecular weight is 309 g/mol. The minimum absolute atomic E-state index is 0.141. The van der Waals surface area contributed by atoms with E-state index in [0.717, 1.165) is 0 Å². The van der Waals surface area contributed by atoms with Crippen molar-refractivity contribution in [1.29, 1.82) is 0 Å². The Morgan fingerprint density at radius 3 is 2.81 bits per heavy atom. The summed E-state index contributed by atoms with van der Waals surface area (Å²) in [6.07, 6.45) is 2.37. The van der Waals surface area contributed by atoms with Gasteiger partial charge in [0.15, 0.2) is 4.67 Å². The molecule has 5 nitrogen and oxygen atoms in total. The highest BCUT2D eigenvalue weighted by molar-refractivity contribution is 9.10. The summed E-state index contributed by atoms with van der Waals surface area (Å²) < 4.78 is 30.9. The molecule has 2 rings (SSSR count). The first-order valence-electron chi connectivity index (χ1n) is 4.98. The minimum Gasteiger partial charge on any atom is -0.452 e. The van der Waals surface area contributed by atoms with Crippen molar-refractivity contribution < 1.29 is 12.8 Å². The Morgan fingerprint density at radius 1 is 1.56 bits per heavy atom. The molecular formula is C9H13BrN2O3S. The molecule has 1 aromatic heterocycles. The SMILES string of the molecule is CNS(=O)(=O)c1cc(CNC2CC2)oc1Br. The number of sulfonamides is 1. The Balaban J connectivity index is 2.14. The third-order valence-corrected chi connectivity index (χ3v) is 4.68. The quantitative estimate of drug-likeness (QED) is 0.857. The summed E-state index contributed by atoms with van der Waals surface area (Å²) in [5.74, 6) is 0.618. The van der Waals surface area contributed by atoms with Gasteiger partial charge in [-0.3, -0.25) is 0 Å². The van der Waals surface area contributed by atoms with Crippen LogP contribution in [-0.2, 0) is 16.6 Å². The first-order valence-corrected chi connectivity index (χ1v) is 7.25. The van der Waals surface area contributed by atoms with E-state index in [9.17, 15) is 8.42 Å². The maximum atomic E-state index is 11.6. The number of rotatable bonds is 5. The predicted molar refractivity (Wildman–Crippen MR) is 62.5 cm³/mol. The van der Waals surface area contributed by atoms with Crippen molar-refractivity contribution >= 4 is 26.0 Å². The minimum atomic E-state index is -3.45. The van der Waals surface area contributed by atoms with Crippen LogP contribution in [0.1, 0.15) is 18.6 Å². The molecule has 90 valence electrons. The number of halogens is 1. The van der Waals surface area contributed by atoms with Gasteiger partial charge in [0.1, 0.15) is 10.7 Å². The summed E-state index contributed by atoms with van der Waals surface area (Å²) in [6, 6.07) is 2.10. The molecule has 16 heavy (non-hydrogen) atoms. The molecule has 0 bridgehead atoms. The monoisotopic (exact) mass is 308 g/mol. The molecule has 1 heterocycles. The van der Waals surface area contributed by atoms with Gasteiger partial charge in [-0.25, -0.2) is 13.1 Å². The molecule has 0 amide bonds. The van der Waals surface area contributed by atoms with Crippen molar-refractivity contribution in [3.8, 4) is 0 Å². The molecular weight excluding hydrogens is 296 g/mol. The topological polar surface area (TPSA) is 71.3 Å². The first kappa shape index (κ1) is 12.1. The second-order valence-electron chi connectivity index (χ2n) is 3.71. The van der Waals surface area contributed by atoms with Crippen LogP contribution >= 0.6 is 15.9 Å². The van der Waals surface area contributed by atoms with Crippen LogP contribution in [0, 0.1) is 0 Å². The first-order chi connectivity index (χ1) is 7.53. The van der Waals surface area contributed by atoms with E-state index < -0.39 is 10.0 Å². The van der Waals surface area contributed by atoms with E-state index in [4.69, 9.17) is 4.42 Å². The highest BCUT2D eigenvalue weighted by Gasteiger charge is 2.23. The van der Waals surface area contributed by atoms with Crippen molar-refractivity contribution in [2.75, 3.05) is 7.05 Å². The van der Waals surface area contributed by atoms with Crippen molar-refractivity contribution in [1.82, 2.24) is 10.0 Å². The van der Waals surface area contributed by atoms with Gasteiger partial charge in [0.2, 0.25) is 10.0 Å². The largest absolute Gasteiger partial charge is 0.452 e. The van der Waals surface area contributed by atoms with E-state index >= 15 is 0 Å². The summed E-state index contributed by atoms with van der Waals surface area (Å²) in [7, 11) is -2.08. The molecule has 2 N–H and O–H groups in total. The van der Waals surface area contributed by atoms with Crippen molar-refractivity contribution in [2.24, 2.45) is 0 Å². The van der Waals surface area contributed by atoms with E-state index in [0.29, 0.717) is 18.3 Å². The molecule has 0 radical (unpaired) electrons. The summed E-state index contributed by atoms with van der Waals surface area (Å²) >= 11 is 3.10. The van der Waals surface area contributed by atoms with Gasteiger partial charge in [-0.1, -0.05) is 0 Å². The van der Waals surface area contributed by atoms with E-state index in [2.05, 4.69) is 26.0 Å². The Hall–Kier alpha value is -0.370. The summed E-state index contributed by atoms with van der Waals surface area (Å²) in [5.41, 5.74) is 0. The highest BCUT2D eigenvalue weighted by atomic mass is 79.9. The molecule has 1 fully saturated rings. The molecule has 0 saturated heterocycles. The van der Waals surface area contributed by atoms with Gasteiger partial charge in [-0.2, -0.15) is 0 Å². The van der Waals surface area contributed by atoms with Crippen LogP contribution in [0.2, 0.25) is 0 Å². The number of hydrogen-bond donors (Lipinski definition) is 2. The summed E-state index contributed by atoms with van der Waals surface area (Å²) in [4.78, 5) is 0.141. The number of hydrogen-bond acceptors (Lipinski definition) is 4. The van der Waals surface area contributed by atoms with Crippen LogP contribution in [0.3, 0.4) is 0 Å². The Morgan fingerprint density at radius 2 is 2.25 bits per heavy atom. The molecule has 0 unspecified atom stereocenters. The molecule has 7 heteroatoms. The second-order valence-corrected chi connectivity index (χ2v) is 6.29. The summed E-state index contributed by atoms with van der Waals surface area (Å²) in [5, 5.41) is 3.25. The lowest BCUT2D eigenvalue weighted by Gasteiger charge is -1.97. The molecule has 0 spiro atoms. The molecule has 0 aliphatic heterocycles. The summed E-state index contributed by atoms with van der Waals surface area (Å²) in [6.45, 7) is 0.558. The third kappa shape index (κ3) is 2.65. The lowest BCUT2D eigenvalue weighted by Crippen LogP contribution is -2.18. The molecule has 0 atom stereocenters. The van der Waals surface area contributed by atoms with Crippen molar-refractivity contribution in [3.63, 3.8) is 0 Å². The second kappa shape index (κ2) is 4.48. The van der Waals surface area contributed by atoms with E-state index in [1.807, 2.05) is 0 Å². The number of nitrogens with one attached hydrogen (secondary N) is 2. The number of furan rings is 1. The molecule has 0 aromatic carbocycles. The van der Waals surface area contributed by atoms with E-state index in [1.54, 1.807) is 0 Å². The maximum Gasteiger partial charge on any atom is 0.244 e. The Kier molecular flexibility index (Phi) is 3.39. The van der Waals surface area contributed by atoms with Gasteiger partial charge in [0, 0.05) is 12.1 Å². The van der Waals surface area contributed by atoms with Gasteiger partial charge >= 0.3 is 0 Å². The van der Waals surface area contributed by atoms with Crippen molar-refractivity contribution in [2.45, 2.75) is 30.3 Å². The standard InChI is InChI=1S/C9H13BrN2O3S/c1-11-16(13,14)8-4-7(15-9(8)10)5-12-6-2-3-6/h4,6,11-12H,2-3,5H2,1H3. The fourth-order valence-corrected chi connectivity index (χ4v) is 3.03. The third-order valence-electron chi connectivity index (χ3n) is 2.41. The van der Waals surface area contributed by atoms with E-state index in [1.165, 1.54) is 26.0 Å². The fourth-order valence-electron chi connectivity index (χ4n) is 1.31. The molecule has 1 aliphatic carbocycles. The van der Waals surface area contributed by atoms with Crippen LogP contribution in [0.25, 0.3) is 0 Å². The normalized spacial score (nSPS) is 16.6. The highest BCUT2D eigenvalue weighted by Crippen LogP contribution is 2.26. The lowest BCUT2D eigenvalue weighted by molar-refractivity contribution is 0.460.